The second-order valence-electron chi connectivity index (χ2n) is 5.78. The van der Waals surface area contributed by atoms with Crippen LogP contribution in [-0.4, -0.2) is 14.7 Å². The van der Waals surface area contributed by atoms with Crippen molar-refractivity contribution in [3.05, 3.63) is 64.0 Å². The Morgan fingerprint density at radius 3 is 2.42 bits per heavy atom. The molecule has 0 aliphatic carbocycles. The second kappa shape index (κ2) is 6.84. The molecule has 0 saturated heterocycles. The predicted octanol–water partition coefficient (Wildman–Crippen LogP) is 4.81. The van der Waals surface area contributed by atoms with Crippen LogP contribution in [0.15, 0.2) is 53.4 Å². The van der Waals surface area contributed by atoms with Gasteiger partial charge in [0.2, 0.25) is 0 Å². The molecule has 24 heavy (non-hydrogen) atoms. The van der Waals surface area contributed by atoms with E-state index >= 15 is 0 Å². The van der Waals surface area contributed by atoms with Gasteiger partial charge < -0.3 is 5.32 Å². The fraction of sp³-hybridized carbons (Fsp3) is 0.222. The average Bonchev–Trinajstić information content (AvgIpc) is 2.88. The van der Waals surface area contributed by atoms with Crippen molar-refractivity contribution in [2.45, 2.75) is 24.4 Å². The number of halogens is 1. The van der Waals surface area contributed by atoms with Crippen LogP contribution in [0, 0.1) is 0 Å². The van der Waals surface area contributed by atoms with E-state index in [-0.39, 0.29) is 6.04 Å². The first kappa shape index (κ1) is 17.4. The molecule has 1 aromatic heterocycles. The highest BCUT2D eigenvalue weighted by molar-refractivity contribution is 7.90. The summed E-state index contributed by atoms with van der Waals surface area (Å²) >= 11 is 8.15. The highest BCUT2D eigenvalue weighted by atomic mass is 35.5. The van der Waals surface area contributed by atoms with E-state index in [1.165, 1.54) is 11.0 Å². The minimum absolute atomic E-state index is 0.0971. The van der Waals surface area contributed by atoms with E-state index in [4.69, 9.17) is 11.6 Å². The van der Waals surface area contributed by atoms with Crippen molar-refractivity contribution in [2.75, 3.05) is 6.26 Å². The number of hydrogen-bond donors (Lipinski definition) is 1. The maximum absolute atomic E-state index is 11.5. The molecule has 126 valence electrons. The number of rotatable bonds is 5. The van der Waals surface area contributed by atoms with Gasteiger partial charge in [0.25, 0.3) is 0 Å². The zero-order valence-electron chi connectivity index (χ0n) is 13.4. The summed E-state index contributed by atoms with van der Waals surface area (Å²) in [6.07, 6.45) is 1.22. The van der Waals surface area contributed by atoms with Crippen LogP contribution in [0.2, 0.25) is 5.02 Å². The summed E-state index contributed by atoms with van der Waals surface area (Å²) in [5.41, 5.74) is 1.04. The van der Waals surface area contributed by atoms with Gasteiger partial charge in [-0.1, -0.05) is 41.9 Å². The van der Waals surface area contributed by atoms with E-state index in [1.807, 2.05) is 30.3 Å². The maximum Gasteiger partial charge on any atom is 0.175 e. The van der Waals surface area contributed by atoms with Gasteiger partial charge in [-0.2, -0.15) is 0 Å². The number of thiophene rings is 1. The Bertz CT molecular complexity index is 962. The summed E-state index contributed by atoms with van der Waals surface area (Å²) in [5.74, 6) is 0. The van der Waals surface area contributed by atoms with Crippen LogP contribution in [0.4, 0.5) is 0 Å². The summed E-state index contributed by atoms with van der Waals surface area (Å²) in [7, 11) is -3.16. The number of hydrogen-bond acceptors (Lipinski definition) is 4. The van der Waals surface area contributed by atoms with Crippen LogP contribution in [-0.2, 0) is 16.4 Å². The molecule has 0 aliphatic rings. The van der Waals surface area contributed by atoms with E-state index < -0.39 is 9.84 Å². The fourth-order valence-corrected chi connectivity index (χ4v) is 4.63. The van der Waals surface area contributed by atoms with Crippen LogP contribution in [0.3, 0.4) is 0 Å². The van der Waals surface area contributed by atoms with Gasteiger partial charge >= 0.3 is 0 Å². The summed E-state index contributed by atoms with van der Waals surface area (Å²) in [5, 5.41) is 5.35. The Morgan fingerprint density at radius 2 is 1.79 bits per heavy atom. The van der Waals surface area contributed by atoms with Crippen LogP contribution < -0.4 is 5.32 Å². The molecule has 1 unspecified atom stereocenters. The fourth-order valence-electron chi connectivity index (χ4n) is 2.55. The first-order valence-corrected chi connectivity index (χ1v) is 10.6. The van der Waals surface area contributed by atoms with Gasteiger partial charge in [0.1, 0.15) is 0 Å². The summed E-state index contributed by atoms with van der Waals surface area (Å²) in [6.45, 7) is 2.73. The van der Waals surface area contributed by atoms with Gasteiger partial charge in [-0.25, -0.2) is 8.42 Å². The summed E-state index contributed by atoms with van der Waals surface area (Å²) in [4.78, 5) is 1.45. The lowest BCUT2D eigenvalue weighted by molar-refractivity contribution is 0.578. The zero-order chi connectivity index (χ0) is 17.3. The van der Waals surface area contributed by atoms with Crippen LogP contribution in [0.1, 0.15) is 23.4 Å². The molecule has 2 aromatic carbocycles. The van der Waals surface area contributed by atoms with E-state index in [9.17, 15) is 8.42 Å². The smallest absolute Gasteiger partial charge is 0.175 e. The molecule has 1 N–H and O–H groups in total. The van der Waals surface area contributed by atoms with Crippen molar-refractivity contribution in [3.63, 3.8) is 0 Å². The molecule has 0 amide bonds. The Hall–Kier alpha value is -1.40. The Labute approximate surface area is 151 Å². The zero-order valence-corrected chi connectivity index (χ0v) is 15.8. The molecule has 0 aliphatic heterocycles. The van der Waals surface area contributed by atoms with Gasteiger partial charge in [0.05, 0.1) is 9.92 Å². The van der Waals surface area contributed by atoms with Gasteiger partial charge in [0.15, 0.2) is 9.84 Å². The van der Waals surface area contributed by atoms with Crippen molar-refractivity contribution >= 4 is 42.9 Å². The molecule has 0 saturated carbocycles. The lowest BCUT2D eigenvalue weighted by Gasteiger charge is -2.14. The average molecular weight is 380 g/mol. The number of nitrogens with one attached hydrogen (secondary N) is 1. The molecule has 3 nitrogen and oxygen atoms in total. The van der Waals surface area contributed by atoms with E-state index in [0.717, 1.165) is 20.8 Å². The van der Waals surface area contributed by atoms with Crippen LogP contribution >= 0.6 is 22.9 Å². The van der Waals surface area contributed by atoms with Crippen molar-refractivity contribution in [1.29, 1.82) is 0 Å². The second-order valence-corrected chi connectivity index (χ2v) is 9.31. The summed E-state index contributed by atoms with van der Waals surface area (Å²) in [6, 6.07) is 15.2. The minimum Gasteiger partial charge on any atom is -0.305 e. The number of benzene rings is 2. The Kier molecular flexibility index (Phi) is 4.97. The van der Waals surface area contributed by atoms with Crippen molar-refractivity contribution in [2.24, 2.45) is 0 Å². The molecule has 1 heterocycles. The Balaban J connectivity index is 1.72. The van der Waals surface area contributed by atoms with Crippen molar-refractivity contribution < 1.29 is 8.42 Å². The number of sulfone groups is 1. The third kappa shape index (κ3) is 3.64. The molecular weight excluding hydrogens is 362 g/mol. The third-order valence-corrected chi connectivity index (χ3v) is 6.82. The standard InChI is InChI=1S/C18H18ClNO2S2/c1-12(13-7-9-14(10-8-13)24(2,21)22)20-11-17-18(19)15-5-3-4-6-16(15)23-17/h3-10,12,20H,11H2,1-2H3. The molecule has 6 heteroatoms. The third-order valence-electron chi connectivity index (χ3n) is 3.98. The quantitative estimate of drug-likeness (QED) is 0.692. The highest BCUT2D eigenvalue weighted by Gasteiger charge is 2.12. The number of fused-ring (bicyclic) bond motifs is 1. The predicted molar refractivity (Wildman–Crippen MR) is 102 cm³/mol. The minimum atomic E-state index is -3.16. The Morgan fingerprint density at radius 1 is 1.12 bits per heavy atom. The molecule has 0 bridgehead atoms. The normalized spacial score (nSPS) is 13.3. The van der Waals surface area contributed by atoms with E-state index in [2.05, 4.69) is 18.3 Å². The monoisotopic (exact) mass is 379 g/mol. The molecule has 0 fully saturated rings. The molecular formula is C18H18ClNO2S2. The molecule has 0 radical (unpaired) electrons. The molecule has 3 aromatic rings. The van der Waals surface area contributed by atoms with Crippen molar-refractivity contribution in [1.82, 2.24) is 5.32 Å². The van der Waals surface area contributed by atoms with E-state index in [1.54, 1.807) is 23.5 Å². The highest BCUT2D eigenvalue weighted by Crippen LogP contribution is 2.35. The van der Waals surface area contributed by atoms with Gasteiger partial charge in [0, 0.05) is 33.8 Å². The van der Waals surface area contributed by atoms with Crippen LogP contribution in [0.25, 0.3) is 10.1 Å². The lowest BCUT2D eigenvalue weighted by atomic mass is 10.1. The molecule has 3 rings (SSSR count). The molecule has 0 spiro atoms. The molecule has 1 atom stereocenters. The SMILES string of the molecule is CC(NCc1sc2ccccc2c1Cl)c1ccc(S(C)(=O)=O)cc1. The largest absolute Gasteiger partial charge is 0.305 e. The maximum atomic E-state index is 11.5. The van der Waals surface area contributed by atoms with Gasteiger partial charge in [-0.3, -0.25) is 0 Å². The first-order chi connectivity index (χ1) is 11.4. The van der Waals surface area contributed by atoms with Crippen LogP contribution in [0.5, 0.6) is 0 Å². The van der Waals surface area contributed by atoms with Gasteiger partial charge in [-0.15, -0.1) is 11.3 Å². The van der Waals surface area contributed by atoms with E-state index in [0.29, 0.717) is 11.4 Å². The van der Waals surface area contributed by atoms with Crippen molar-refractivity contribution in [3.8, 4) is 0 Å². The van der Waals surface area contributed by atoms with Gasteiger partial charge in [-0.05, 0) is 30.7 Å². The first-order valence-electron chi connectivity index (χ1n) is 7.55. The topological polar surface area (TPSA) is 46.2 Å². The summed E-state index contributed by atoms with van der Waals surface area (Å²) < 4.78 is 24.2. The lowest BCUT2D eigenvalue weighted by Crippen LogP contribution is -2.17.